The van der Waals surface area contributed by atoms with Gasteiger partial charge in [0, 0.05) is 6.20 Å². The van der Waals surface area contributed by atoms with Gasteiger partial charge in [-0.3, -0.25) is 4.79 Å². The van der Waals surface area contributed by atoms with Gasteiger partial charge in [0.15, 0.2) is 0 Å². The highest BCUT2D eigenvalue weighted by Gasteiger charge is 2.20. The smallest absolute Gasteiger partial charge is 0.327 e. The Morgan fingerprint density at radius 3 is 2.64 bits per heavy atom. The van der Waals surface area contributed by atoms with Crippen molar-refractivity contribution in [1.82, 2.24) is 4.98 Å². The molecule has 0 aliphatic carbocycles. The summed E-state index contributed by atoms with van der Waals surface area (Å²) < 4.78 is 0. The van der Waals surface area contributed by atoms with Gasteiger partial charge in [-0.1, -0.05) is 6.07 Å². The lowest BCUT2D eigenvalue weighted by molar-refractivity contribution is -0.120. The van der Waals surface area contributed by atoms with Gasteiger partial charge in [-0.25, -0.2) is 14.7 Å². The number of amides is 3. The van der Waals surface area contributed by atoms with Gasteiger partial charge >= 0.3 is 6.03 Å². The van der Waals surface area contributed by atoms with Crippen LogP contribution in [0.5, 0.6) is 0 Å². The molecule has 0 saturated carbocycles. The number of aliphatic hydroxyl groups is 1. The zero-order valence-electron chi connectivity index (χ0n) is 7.25. The molecule has 0 unspecified atom stereocenters. The first-order valence-electron chi connectivity index (χ1n) is 3.81. The highest BCUT2D eigenvalue weighted by molar-refractivity contribution is 6.13. The fraction of sp³-hybridized carbons (Fsp3) is 0.125. The van der Waals surface area contributed by atoms with Crippen molar-refractivity contribution in [3.63, 3.8) is 0 Å². The lowest BCUT2D eigenvalue weighted by Gasteiger charge is -2.15. The summed E-state index contributed by atoms with van der Waals surface area (Å²) in [5.74, 6) is -0.713. The minimum Gasteiger partial charge on any atom is -0.386 e. The number of hydrogen-bond donors (Lipinski definition) is 2. The molecule has 1 aromatic heterocycles. The number of pyridine rings is 1. The van der Waals surface area contributed by atoms with Crippen molar-refractivity contribution in [1.29, 1.82) is 0 Å². The first kappa shape index (κ1) is 10.1. The SMILES string of the molecule is NC(=O)N(C(=O)CO)c1ccccn1. The van der Waals surface area contributed by atoms with E-state index in [1.54, 1.807) is 12.1 Å². The fourth-order valence-electron chi connectivity index (χ4n) is 0.920. The van der Waals surface area contributed by atoms with Crippen LogP contribution in [0.1, 0.15) is 0 Å². The standard InChI is InChI=1S/C8H9N3O3/c9-8(14)11(7(13)5-12)6-3-1-2-4-10-6/h1-4,12H,5H2,(H2,9,14). The third kappa shape index (κ3) is 2.05. The lowest BCUT2D eigenvalue weighted by Crippen LogP contribution is -2.42. The highest BCUT2D eigenvalue weighted by Crippen LogP contribution is 2.08. The first-order chi connectivity index (χ1) is 6.66. The van der Waals surface area contributed by atoms with Crippen LogP contribution in [0, 0.1) is 0 Å². The van der Waals surface area contributed by atoms with Gasteiger partial charge in [0.2, 0.25) is 0 Å². The molecule has 0 bridgehead atoms. The Morgan fingerprint density at radius 2 is 2.21 bits per heavy atom. The quantitative estimate of drug-likeness (QED) is 0.663. The molecular formula is C8H9N3O3. The molecule has 6 nitrogen and oxygen atoms in total. The number of primary amides is 1. The van der Waals surface area contributed by atoms with Gasteiger partial charge in [-0.05, 0) is 12.1 Å². The van der Waals surface area contributed by atoms with E-state index in [1.807, 2.05) is 0 Å². The number of nitrogens with zero attached hydrogens (tertiary/aromatic N) is 2. The second-order valence-electron chi connectivity index (χ2n) is 2.41. The molecule has 0 saturated heterocycles. The summed E-state index contributed by atoms with van der Waals surface area (Å²) in [5.41, 5.74) is 4.96. The Kier molecular flexibility index (Phi) is 3.14. The number of imide groups is 1. The van der Waals surface area contributed by atoms with Crippen LogP contribution in [0.2, 0.25) is 0 Å². The van der Waals surface area contributed by atoms with Crippen molar-refractivity contribution in [2.45, 2.75) is 0 Å². The Morgan fingerprint density at radius 1 is 1.50 bits per heavy atom. The molecule has 14 heavy (non-hydrogen) atoms. The summed E-state index contributed by atoms with van der Waals surface area (Å²) >= 11 is 0. The minimum absolute atomic E-state index is 0.0963. The molecule has 0 aliphatic heterocycles. The molecule has 1 rings (SSSR count). The molecule has 0 atom stereocenters. The van der Waals surface area contributed by atoms with Gasteiger partial charge in [-0.15, -0.1) is 0 Å². The van der Waals surface area contributed by atoms with Crippen LogP contribution >= 0.6 is 0 Å². The molecule has 0 aromatic carbocycles. The van der Waals surface area contributed by atoms with Crippen molar-refractivity contribution in [2.75, 3.05) is 11.5 Å². The number of aliphatic hydroxyl groups excluding tert-OH is 1. The molecule has 3 amide bonds. The van der Waals surface area contributed by atoms with E-state index in [1.165, 1.54) is 12.3 Å². The highest BCUT2D eigenvalue weighted by atomic mass is 16.3. The van der Waals surface area contributed by atoms with E-state index in [0.29, 0.717) is 4.90 Å². The van der Waals surface area contributed by atoms with Crippen LogP contribution in [0.15, 0.2) is 24.4 Å². The van der Waals surface area contributed by atoms with Crippen LogP contribution in [0.4, 0.5) is 10.6 Å². The maximum atomic E-state index is 11.1. The molecule has 0 radical (unpaired) electrons. The average Bonchev–Trinajstić information content (AvgIpc) is 2.19. The second kappa shape index (κ2) is 4.33. The minimum atomic E-state index is -0.970. The van der Waals surface area contributed by atoms with Crippen LogP contribution in [-0.4, -0.2) is 28.6 Å². The van der Waals surface area contributed by atoms with Crippen LogP contribution in [0.25, 0.3) is 0 Å². The Bertz CT molecular complexity index is 339. The molecule has 74 valence electrons. The fourth-order valence-corrected chi connectivity index (χ4v) is 0.920. The van der Waals surface area contributed by atoms with Crippen LogP contribution in [0.3, 0.4) is 0 Å². The average molecular weight is 195 g/mol. The van der Waals surface area contributed by atoms with E-state index in [4.69, 9.17) is 10.8 Å². The number of carbonyl (C=O) groups is 2. The third-order valence-electron chi connectivity index (χ3n) is 1.48. The molecule has 6 heteroatoms. The van der Waals surface area contributed by atoms with Crippen molar-refractivity contribution in [2.24, 2.45) is 5.73 Å². The summed E-state index contributed by atoms with van der Waals surface area (Å²) in [6.45, 7) is -0.792. The summed E-state index contributed by atoms with van der Waals surface area (Å²) in [4.78, 5) is 26.3. The number of rotatable bonds is 2. The third-order valence-corrected chi connectivity index (χ3v) is 1.48. The normalized spacial score (nSPS) is 9.50. The van der Waals surface area contributed by atoms with Crippen molar-refractivity contribution in [3.05, 3.63) is 24.4 Å². The molecule has 0 fully saturated rings. The number of aromatic nitrogens is 1. The molecule has 3 N–H and O–H groups in total. The summed E-state index contributed by atoms with van der Waals surface area (Å²) in [6.07, 6.45) is 1.41. The van der Waals surface area contributed by atoms with E-state index in [9.17, 15) is 9.59 Å². The summed E-state index contributed by atoms with van der Waals surface area (Å²) in [5, 5.41) is 8.59. The number of urea groups is 1. The van der Waals surface area contributed by atoms with Crippen molar-refractivity contribution < 1.29 is 14.7 Å². The molecular weight excluding hydrogens is 186 g/mol. The Hall–Kier alpha value is -1.95. The van der Waals surface area contributed by atoms with Gasteiger partial charge in [0.1, 0.15) is 12.4 Å². The van der Waals surface area contributed by atoms with Gasteiger partial charge in [0.05, 0.1) is 0 Å². The molecule has 0 aliphatic rings. The number of hydrogen-bond acceptors (Lipinski definition) is 4. The van der Waals surface area contributed by atoms with Crippen LogP contribution in [-0.2, 0) is 4.79 Å². The van der Waals surface area contributed by atoms with Gasteiger partial charge in [0.25, 0.3) is 5.91 Å². The van der Waals surface area contributed by atoms with Crippen molar-refractivity contribution >= 4 is 17.8 Å². The predicted molar refractivity (Wildman–Crippen MR) is 48.4 cm³/mol. The maximum Gasteiger partial charge on any atom is 0.327 e. The van der Waals surface area contributed by atoms with E-state index >= 15 is 0 Å². The lowest BCUT2D eigenvalue weighted by atomic mass is 10.4. The zero-order chi connectivity index (χ0) is 10.6. The molecule has 0 spiro atoms. The topological polar surface area (TPSA) is 96.5 Å². The Balaban J connectivity index is 3.01. The number of nitrogens with two attached hydrogens (primary N) is 1. The monoisotopic (exact) mass is 195 g/mol. The summed E-state index contributed by atoms with van der Waals surface area (Å²) in [6, 6.07) is 3.70. The maximum absolute atomic E-state index is 11.1. The van der Waals surface area contributed by atoms with Gasteiger partial charge in [-0.2, -0.15) is 0 Å². The molecule has 1 heterocycles. The second-order valence-corrected chi connectivity index (χ2v) is 2.41. The number of anilines is 1. The summed E-state index contributed by atoms with van der Waals surface area (Å²) in [7, 11) is 0. The first-order valence-corrected chi connectivity index (χ1v) is 3.81. The van der Waals surface area contributed by atoms with Crippen molar-refractivity contribution in [3.8, 4) is 0 Å². The van der Waals surface area contributed by atoms with Crippen LogP contribution < -0.4 is 10.6 Å². The zero-order valence-corrected chi connectivity index (χ0v) is 7.25. The predicted octanol–water partition coefficient (Wildman–Crippen LogP) is -0.514. The van der Waals surface area contributed by atoms with E-state index in [-0.39, 0.29) is 5.82 Å². The Labute approximate surface area is 80.0 Å². The van der Waals surface area contributed by atoms with E-state index < -0.39 is 18.5 Å². The largest absolute Gasteiger partial charge is 0.386 e. The van der Waals surface area contributed by atoms with Gasteiger partial charge < -0.3 is 10.8 Å². The van der Waals surface area contributed by atoms with E-state index in [2.05, 4.69) is 4.98 Å². The molecule has 1 aromatic rings. The number of carbonyl (C=O) groups excluding carboxylic acids is 2. The van der Waals surface area contributed by atoms with E-state index in [0.717, 1.165) is 0 Å².